The summed E-state index contributed by atoms with van der Waals surface area (Å²) in [7, 11) is 0. The molecule has 0 unspecified atom stereocenters. The molecule has 1 aromatic rings. The number of aliphatic hydroxyl groups excluding tert-OH is 1. The Bertz CT molecular complexity index is 510. The summed E-state index contributed by atoms with van der Waals surface area (Å²) in [4.78, 5) is 13.9. The second kappa shape index (κ2) is 8.15. The first kappa shape index (κ1) is 17.5. The van der Waals surface area contributed by atoms with Crippen LogP contribution < -0.4 is 10.1 Å². The van der Waals surface area contributed by atoms with Gasteiger partial charge in [0.2, 0.25) is 0 Å². The Hall–Kier alpha value is -1.82. The van der Waals surface area contributed by atoms with Crippen LogP contribution in [0, 0.1) is 11.2 Å². The zero-order valence-electron chi connectivity index (χ0n) is 13.6. The quantitative estimate of drug-likeness (QED) is 0.790. The molecule has 0 saturated carbocycles. The van der Waals surface area contributed by atoms with Gasteiger partial charge in [-0.2, -0.15) is 0 Å². The third kappa shape index (κ3) is 4.82. The molecular formula is C17H25FN2O3. The molecule has 23 heavy (non-hydrogen) atoms. The summed E-state index contributed by atoms with van der Waals surface area (Å²) in [6, 6.07) is 5.81. The van der Waals surface area contributed by atoms with Crippen LogP contribution in [0.25, 0.3) is 0 Å². The number of likely N-dealkylation sites (tertiary alicyclic amines) is 1. The van der Waals surface area contributed by atoms with Crippen molar-refractivity contribution in [2.24, 2.45) is 5.41 Å². The number of urea groups is 1. The topological polar surface area (TPSA) is 61.8 Å². The summed E-state index contributed by atoms with van der Waals surface area (Å²) in [6.45, 7) is 4.23. The van der Waals surface area contributed by atoms with E-state index in [-0.39, 0.29) is 23.9 Å². The summed E-state index contributed by atoms with van der Waals surface area (Å²) in [6.07, 6.45) is 2.58. The van der Waals surface area contributed by atoms with Crippen molar-refractivity contribution in [3.8, 4) is 5.75 Å². The van der Waals surface area contributed by atoms with E-state index in [9.17, 15) is 14.3 Å². The number of carbonyl (C=O) groups is 1. The second-order valence-electron chi connectivity index (χ2n) is 6.04. The highest BCUT2D eigenvalue weighted by molar-refractivity contribution is 5.74. The number of ether oxygens (including phenoxy) is 1. The van der Waals surface area contributed by atoms with Gasteiger partial charge >= 0.3 is 6.03 Å². The summed E-state index contributed by atoms with van der Waals surface area (Å²) < 4.78 is 18.4. The number of halogens is 1. The van der Waals surface area contributed by atoms with Gasteiger partial charge in [0.15, 0.2) is 0 Å². The number of nitrogens with zero attached hydrogens (tertiary/aromatic N) is 1. The van der Waals surface area contributed by atoms with Crippen LogP contribution in [-0.2, 0) is 0 Å². The minimum atomic E-state index is -0.344. The first-order valence-electron chi connectivity index (χ1n) is 8.10. The zero-order chi connectivity index (χ0) is 16.7. The highest BCUT2D eigenvalue weighted by atomic mass is 19.1. The molecule has 0 bridgehead atoms. The Labute approximate surface area is 136 Å². The Morgan fingerprint density at radius 2 is 2.17 bits per heavy atom. The van der Waals surface area contributed by atoms with E-state index in [2.05, 4.69) is 12.2 Å². The summed E-state index contributed by atoms with van der Waals surface area (Å²) >= 11 is 0. The monoisotopic (exact) mass is 324 g/mol. The van der Waals surface area contributed by atoms with Crippen molar-refractivity contribution < 1.29 is 19.0 Å². The van der Waals surface area contributed by atoms with E-state index in [4.69, 9.17) is 4.74 Å². The lowest BCUT2D eigenvalue weighted by Crippen LogP contribution is -2.48. The largest absolute Gasteiger partial charge is 0.492 e. The van der Waals surface area contributed by atoms with Gasteiger partial charge < -0.3 is 20.1 Å². The van der Waals surface area contributed by atoms with Gasteiger partial charge in [-0.05, 0) is 36.8 Å². The van der Waals surface area contributed by atoms with Crippen molar-refractivity contribution in [1.29, 1.82) is 0 Å². The average Bonchev–Trinajstić information content (AvgIpc) is 2.58. The van der Waals surface area contributed by atoms with Crippen LogP contribution in [0.3, 0.4) is 0 Å². The molecule has 1 aliphatic heterocycles. The molecule has 1 aliphatic rings. The van der Waals surface area contributed by atoms with E-state index in [0.29, 0.717) is 32.0 Å². The summed E-state index contributed by atoms with van der Waals surface area (Å²) in [5.41, 5.74) is -0.0305. The molecule has 6 heteroatoms. The molecular weight excluding hydrogens is 299 g/mol. The highest BCUT2D eigenvalue weighted by Gasteiger charge is 2.33. The fourth-order valence-electron chi connectivity index (χ4n) is 2.80. The molecule has 1 heterocycles. The zero-order valence-corrected chi connectivity index (χ0v) is 13.6. The number of benzene rings is 1. The van der Waals surface area contributed by atoms with E-state index < -0.39 is 0 Å². The maximum atomic E-state index is 13.0. The standard InChI is InChI=1S/C17H25FN2O3/c1-2-17(13-21)6-9-20(10-7-17)16(22)19-8-11-23-15-5-3-4-14(18)12-15/h3-5,12,21H,2,6-11,13H2,1H3,(H,19,22). The molecule has 0 radical (unpaired) electrons. The molecule has 2 N–H and O–H groups in total. The molecule has 0 atom stereocenters. The smallest absolute Gasteiger partial charge is 0.317 e. The van der Waals surface area contributed by atoms with E-state index in [0.717, 1.165) is 19.3 Å². The Balaban J connectivity index is 1.68. The molecule has 1 saturated heterocycles. The normalized spacial score (nSPS) is 16.9. The van der Waals surface area contributed by atoms with Crippen molar-refractivity contribution in [3.63, 3.8) is 0 Å². The second-order valence-corrected chi connectivity index (χ2v) is 6.04. The molecule has 1 fully saturated rings. The van der Waals surface area contributed by atoms with E-state index in [1.54, 1.807) is 17.0 Å². The van der Waals surface area contributed by atoms with Crippen LogP contribution in [0.1, 0.15) is 26.2 Å². The maximum Gasteiger partial charge on any atom is 0.317 e. The molecule has 1 aromatic carbocycles. The van der Waals surface area contributed by atoms with Crippen LogP contribution in [0.4, 0.5) is 9.18 Å². The Morgan fingerprint density at radius 1 is 1.43 bits per heavy atom. The van der Waals surface area contributed by atoms with Gasteiger partial charge in [-0.15, -0.1) is 0 Å². The van der Waals surface area contributed by atoms with Gasteiger partial charge in [-0.25, -0.2) is 9.18 Å². The summed E-state index contributed by atoms with van der Waals surface area (Å²) in [5, 5.41) is 12.3. The van der Waals surface area contributed by atoms with E-state index in [1.807, 2.05) is 0 Å². The first-order chi connectivity index (χ1) is 11.1. The van der Waals surface area contributed by atoms with Crippen LogP contribution in [0.5, 0.6) is 5.75 Å². The minimum Gasteiger partial charge on any atom is -0.492 e. The van der Waals surface area contributed by atoms with Crippen LogP contribution in [0.2, 0.25) is 0 Å². The highest BCUT2D eigenvalue weighted by Crippen LogP contribution is 2.34. The van der Waals surface area contributed by atoms with E-state index >= 15 is 0 Å². The third-order valence-electron chi connectivity index (χ3n) is 4.64. The number of piperidine rings is 1. The molecule has 2 amide bonds. The average molecular weight is 324 g/mol. The molecule has 128 valence electrons. The van der Waals surface area contributed by atoms with Gasteiger partial charge in [-0.3, -0.25) is 0 Å². The lowest BCUT2D eigenvalue weighted by atomic mass is 9.77. The maximum absolute atomic E-state index is 13.0. The van der Waals surface area contributed by atoms with Crippen LogP contribution in [0.15, 0.2) is 24.3 Å². The summed E-state index contributed by atoms with van der Waals surface area (Å²) in [5.74, 6) is 0.107. The third-order valence-corrected chi connectivity index (χ3v) is 4.64. The lowest BCUT2D eigenvalue weighted by molar-refractivity contribution is 0.0518. The SMILES string of the molecule is CCC1(CO)CCN(C(=O)NCCOc2cccc(F)c2)CC1. The van der Waals surface area contributed by atoms with Crippen LogP contribution in [-0.4, -0.2) is 48.9 Å². The molecule has 5 nitrogen and oxygen atoms in total. The lowest BCUT2D eigenvalue weighted by Gasteiger charge is -2.40. The molecule has 2 rings (SSSR count). The first-order valence-corrected chi connectivity index (χ1v) is 8.10. The van der Waals surface area contributed by atoms with Crippen molar-refractivity contribution in [2.45, 2.75) is 26.2 Å². The Morgan fingerprint density at radius 3 is 2.78 bits per heavy atom. The fraction of sp³-hybridized carbons (Fsp3) is 0.588. The predicted octanol–water partition coefficient (Wildman–Crippen LogP) is 2.40. The fourth-order valence-corrected chi connectivity index (χ4v) is 2.80. The number of hydrogen-bond donors (Lipinski definition) is 2. The van der Waals surface area contributed by atoms with Crippen molar-refractivity contribution in [2.75, 3.05) is 32.8 Å². The van der Waals surface area contributed by atoms with Crippen LogP contribution >= 0.6 is 0 Å². The minimum absolute atomic E-state index is 0.0305. The van der Waals surface area contributed by atoms with Gasteiger partial charge in [0, 0.05) is 25.8 Å². The number of hydrogen-bond acceptors (Lipinski definition) is 3. The number of nitrogens with one attached hydrogen (secondary N) is 1. The Kier molecular flexibility index (Phi) is 6.21. The van der Waals surface area contributed by atoms with Crippen molar-refractivity contribution >= 4 is 6.03 Å². The van der Waals surface area contributed by atoms with E-state index in [1.165, 1.54) is 12.1 Å². The number of amides is 2. The predicted molar refractivity (Wildman–Crippen MR) is 85.9 cm³/mol. The molecule has 0 aliphatic carbocycles. The van der Waals surface area contributed by atoms with Crippen molar-refractivity contribution in [3.05, 3.63) is 30.1 Å². The van der Waals surface area contributed by atoms with Gasteiger partial charge in [-0.1, -0.05) is 13.0 Å². The molecule has 0 spiro atoms. The number of aliphatic hydroxyl groups is 1. The number of carbonyl (C=O) groups excluding carboxylic acids is 1. The number of rotatable bonds is 6. The van der Waals surface area contributed by atoms with Crippen molar-refractivity contribution in [1.82, 2.24) is 10.2 Å². The molecule has 0 aromatic heterocycles. The van der Waals surface area contributed by atoms with Gasteiger partial charge in [0.05, 0.1) is 6.54 Å². The van der Waals surface area contributed by atoms with Gasteiger partial charge in [0.25, 0.3) is 0 Å². The van der Waals surface area contributed by atoms with Gasteiger partial charge in [0.1, 0.15) is 18.2 Å².